The fraction of sp³-hybridized carbons (Fsp3) is 0.435. The monoisotopic (exact) mass is 438 g/mol. The number of nitrogens with zero attached hydrogens (tertiary/aromatic N) is 5. The molecule has 1 unspecified atom stereocenters. The number of carbonyl (C=O) groups excluding carboxylic acids is 1. The van der Waals surface area contributed by atoms with Crippen LogP contribution in [0.15, 0.2) is 47.8 Å². The van der Waals surface area contributed by atoms with Crippen molar-refractivity contribution in [3.63, 3.8) is 0 Å². The Morgan fingerprint density at radius 1 is 1.10 bits per heavy atom. The Morgan fingerprint density at radius 2 is 1.84 bits per heavy atom. The molecule has 0 aliphatic carbocycles. The van der Waals surface area contributed by atoms with E-state index in [2.05, 4.69) is 46.1 Å². The minimum absolute atomic E-state index is 0.202. The summed E-state index contributed by atoms with van der Waals surface area (Å²) in [7, 11) is 2.16. The van der Waals surface area contributed by atoms with Crippen LogP contribution in [0.25, 0.3) is 16.4 Å². The number of para-hydroxylation sites is 1. The van der Waals surface area contributed by atoms with Crippen molar-refractivity contribution in [1.82, 2.24) is 29.9 Å². The maximum absolute atomic E-state index is 13.0. The second kappa shape index (κ2) is 9.72. The van der Waals surface area contributed by atoms with E-state index in [4.69, 9.17) is 0 Å². The first kappa shape index (κ1) is 21.7. The zero-order valence-electron chi connectivity index (χ0n) is 18.4. The number of nitrogens with one attached hydrogen (secondary N) is 1. The summed E-state index contributed by atoms with van der Waals surface area (Å²) in [5.41, 5.74) is 0.884. The van der Waals surface area contributed by atoms with Crippen LogP contribution in [0.3, 0.4) is 0 Å². The van der Waals surface area contributed by atoms with Gasteiger partial charge in [0.05, 0.1) is 10.6 Å². The molecule has 1 fully saturated rings. The van der Waals surface area contributed by atoms with Crippen LogP contribution in [0.2, 0.25) is 0 Å². The number of carbonyl (C=O) groups is 1. The molecule has 4 rings (SSSR count). The second-order valence-corrected chi connectivity index (χ2v) is 9.29. The summed E-state index contributed by atoms with van der Waals surface area (Å²) in [4.78, 5) is 23.4. The van der Waals surface area contributed by atoms with Gasteiger partial charge in [-0.1, -0.05) is 38.1 Å². The molecule has 8 heteroatoms. The third-order valence-electron chi connectivity index (χ3n) is 5.80. The first-order valence-corrected chi connectivity index (χ1v) is 11.7. The van der Waals surface area contributed by atoms with Gasteiger partial charge in [0.2, 0.25) is 5.82 Å². The predicted molar refractivity (Wildman–Crippen MR) is 125 cm³/mol. The van der Waals surface area contributed by atoms with Crippen LogP contribution in [0, 0.1) is 5.92 Å². The van der Waals surface area contributed by atoms with E-state index in [-0.39, 0.29) is 11.7 Å². The second-order valence-electron chi connectivity index (χ2n) is 8.34. The molecule has 2 aromatic heterocycles. The van der Waals surface area contributed by atoms with E-state index in [0.29, 0.717) is 24.3 Å². The number of likely N-dealkylation sites (N-methyl/N-ethyl adjacent to an activating group) is 1. The lowest BCUT2D eigenvalue weighted by molar-refractivity contribution is 0.0786. The molecule has 7 nitrogen and oxygen atoms in total. The van der Waals surface area contributed by atoms with Crippen LogP contribution in [0.4, 0.5) is 0 Å². The maximum atomic E-state index is 13.0. The van der Waals surface area contributed by atoms with E-state index in [0.717, 1.165) is 36.7 Å². The number of hydrogen-bond acceptors (Lipinski definition) is 6. The van der Waals surface area contributed by atoms with Gasteiger partial charge in [0, 0.05) is 38.8 Å². The van der Waals surface area contributed by atoms with Crippen LogP contribution in [-0.2, 0) is 0 Å². The summed E-state index contributed by atoms with van der Waals surface area (Å²) in [5, 5.41) is 9.66. The minimum atomic E-state index is -0.229. The van der Waals surface area contributed by atoms with Crippen molar-refractivity contribution in [1.29, 1.82) is 0 Å². The van der Waals surface area contributed by atoms with Gasteiger partial charge in [-0.25, -0.2) is 9.67 Å². The summed E-state index contributed by atoms with van der Waals surface area (Å²) in [6, 6.07) is 14.1. The SMILES string of the molecule is CC(C)C(CNC(=O)c1nc(-c2cccs2)n(-c2ccccc2)n1)N1CCN(C)CC1. The molecule has 0 spiro atoms. The highest BCUT2D eigenvalue weighted by Gasteiger charge is 2.26. The van der Waals surface area contributed by atoms with E-state index >= 15 is 0 Å². The van der Waals surface area contributed by atoms with Crippen LogP contribution in [-0.4, -0.2) is 76.3 Å². The van der Waals surface area contributed by atoms with Crippen molar-refractivity contribution in [3.8, 4) is 16.4 Å². The van der Waals surface area contributed by atoms with Gasteiger partial charge in [-0.15, -0.1) is 16.4 Å². The van der Waals surface area contributed by atoms with E-state index < -0.39 is 0 Å². The smallest absolute Gasteiger partial charge is 0.291 e. The van der Waals surface area contributed by atoms with Gasteiger partial charge in [0.25, 0.3) is 5.91 Å². The molecule has 3 heterocycles. The van der Waals surface area contributed by atoms with Gasteiger partial charge in [-0.05, 0) is 36.5 Å². The lowest BCUT2D eigenvalue weighted by Gasteiger charge is -2.39. The lowest BCUT2D eigenvalue weighted by Crippen LogP contribution is -2.54. The van der Waals surface area contributed by atoms with Gasteiger partial charge in [-0.3, -0.25) is 9.69 Å². The van der Waals surface area contributed by atoms with Crippen LogP contribution in [0.5, 0.6) is 0 Å². The van der Waals surface area contributed by atoms with Gasteiger partial charge in [0.15, 0.2) is 5.82 Å². The Bertz CT molecular complexity index is 977. The van der Waals surface area contributed by atoms with Crippen molar-refractivity contribution in [2.75, 3.05) is 39.8 Å². The van der Waals surface area contributed by atoms with Gasteiger partial charge in [-0.2, -0.15) is 0 Å². The standard InChI is InChI=1S/C23H30N6OS/c1-17(2)19(28-13-11-27(3)12-14-28)16-24-23(30)21-25-22(20-10-7-15-31-20)29(26-21)18-8-5-4-6-9-18/h4-10,15,17,19H,11-14,16H2,1-3H3,(H,24,30). The summed E-state index contributed by atoms with van der Waals surface area (Å²) in [6.07, 6.45) is 0. The Balaban J connectivity index is 1.52. The average Bonchev–Trinajstić information content (AvgIpc) is 3.45. The quantitative estimate of drug-likeness (QED) is 0.614. The molecule has 0 saturated carbocycles. The van der Waals surface area contributed by atoms with Crippen molar-refractivity contribution in [2.45, 2.75) is 19.9 Å². The van der Waals surface area contributed by atoms with Crippen molar-refractivity contribution >= 4 is 17.2 Å². The number of rotatable bonds is 7. The fourth-order valence-corrected chi connectivity index (χ4v) is 4.64. The molecule has 31 heavy (non-hydrogen) atoms. The first-order chi connectivity index (χ1) is 15.0. The molecule has 1 aliphatic rings. The Morgan fingerprint density at radius 3 is 2.48 bits per heavy atom. The van der Waals surface area contributed by atoms with Crippen molar-refractivity contribution < 1.29 is 4.79 Å². The highest BCUT2D eigenvalue weighted by Crippen LogP contribution is 2.25. The van der Waals surface area contributed by atoms with E-state index in [9.17, 15) is 4.79 Å². The molecule has 1 aliphatic heterocycles. The molecule has 1 amide bonds. The Labute approximate surface area is 187 Å². The molecule has 1 N–H and O–H groups in total. The normalized spacial score (nSPS) is 16.5. The van der Waals surface area contributed by atoms with Crippen molar-refractivity contribution in [2.24, 2.45) is 5.92 Å². The number of hydrogen-bond donors (Lipinski definition) is 1. The zero-order valence-corrected chi connectivity index (χ0v) is 19.2. The number of aromatic nitrogens is 3. The number of thiophene rings is 1. The molecule has 0 bridgehead atoms. The van der Waals surface area contributed by atoms with Crippen molar-refractivity contribution in [3.05, 3.63) is 53.7 Å². The highest BCUT2D eigenvalue weighted by molar-refractivity contribution is 7.13. The largest absolute Gasteiger partial charge is 0.348 e. The minimum Gasteiger partial charge on any atom is -0.348 e. The summed E-state index contributed by atoms with van der Waals surface area (Å²) >= 11 is 1.59. The topological polar surface area (TPSA) is 66.3 Å². The average molecular weight is 439 g/mol. The molecule has 1 saturated heterocycles. The molecule has 0 radical (unpaired) electrons. The molecular formula is C23H30N6OS. The number of piperazine rings is 1. The molecule has 164 valence electrons. The molecule has 3 aromatic rings. The van der Waals surface area contributed by atoms with Gasteiger partial charge >= 0.3 is 0 Å². The fourth-order valence-electron chi connectivity index (χ4n) is 3.94. The van der Waals surface area contributed by atoms with E-state index in [1.807, 2.05) is 47.8 Å². The zero-order chi connectivity index (χ0) is 21.8. The van der Waals surface area contributed by atoms with Crippen LogP contribution >= 0.6 is 11.3 Å². The van der Waals surface area contributed by atoms with Gasteiger partial charge in [0.1, 0.15) is 0 Å². The van der Waals surface area contributed by atoms with Crippen LogP contribution in [0.1, 0.15) is 24.5 Å². The highest BCUT2D eigenvalue weighted by atomic mass is 32.1. The molecule has 1 aromatic carbocycles. The molecular weight excluding hydrogens is 408 g/mol. The summed E-state index contributed by atoms with van der Waals surface area (Å²) in [5.74, 6) is 1.10. The number of benzene rings is 1. The van der Waals surface area contributed by atoms with E-state index in [1.54, 1.807) is 16.0 Å². The summed E-state index contributed by atoms with van der Waals surface area (Å²) < 4.78 is 1.75. The third kappa shape index (κ3) is 5.03. The predicted octanol–water partition coefficient (Wildman–Crippen LogP) is 3.00. The number of amides is 1. The first-order valence-electron chi connectivity index (χ1n) is 10.8. The maximum Gasteiger partial charge on any atom is 0.291 e. The third-order valence-corrected chi connectivity index (χ3v) is 6.67. The lowest BCUT2D eigenvalue weighted by atomic mass is 10.0. The van der Waals surface area contributed by atoms with E-state index in [1.165, 1.54) is 0 Å². The van der Waals surface area contributed by atoms with Gasteiger partial charge < -0.3 is 10.2 Å². The summed E-state index contributed by atoms with van der Waals surface area (Å²) in [6.45, 7) is 9.19. The molecule has 1 atom stereocenters. The Hall–Kier alpha value is -2.55. The van der Waals surface area contributed by atoms with Crippen LogP contribution < -0.4 is 5.32 Å². The Kier molecular flexibility index (Phi) is 6.80.